The minimum absolute atomic E-state index is 0.324. The lowest BCUT2D eigenvalue weighted by atomic mass is 10.0. The van der Waals surface area contributed by atoms with Crippen molar-refractivity contribution >= 4 is 0 Å². The molecule has 0 aliphatic carbocycles. The normalized spacial score (nSPS) is 15.3. The van der Waals surface area contributed by atoms with Gasteiger partial charge in [0, 0.05) is 11.6 Å². The lowest BCUT2D eigenvalue weighted by Gasteiger charge is -2.16. The largest absolute Gasteiger partial charge is 0.361 e. The van der Waals surface area contributed by atoms with Crippen LogP contribution in [-0.2, 0) is 0 Å². The first-order chi connectivity index (χ1) is 7.06. The van der Waals surface area contributed by atoms with Crippen LogP contribution in [0.5, 0.6) is 0 Å². The van der Waals surface area contributed by atoms with E-state index in [2.05, 4.69) is 31.2 Å². The van der Waals surface area contributed by atoms with Gasteiger partial charge in [0.15, 0.2) is 0 Å². The van der Waals surface area contributed by atoms with Crippen LogP contribution in [0, 0.1) is 19.8 Å². The van der Waals surface area contributed by atoms with Gasteiger partial charge in [0.05, 0.1) is 5.69 Å². The van der Waals surface area contributed by atoms with Crippen molar-refractivity contribution in [3.8, 4) is 0 Å². The summed E-state index contributed by atoms with van der Waals surface area (Å²) in [7, 11) is 0. The molecule has 2 unspecified atom stereocenters. The van der Waals surface area contributed by atoms with Crippen LogP contribution in [0.25, 0.3) is 0 Å². The Morgan fingerprint density at radius 2 is 2.00 bits per heavy atom. The Bertz CT molecular complexity index is 287. The van der Waals surface area contributed by atoms with Gasteiger partial charge < -0.3 is 9.84 Å². The van der Waals surface area contributed by atoms with E-state index in [1.54, 1.807) is 0 Å². The van der Waals surface area contributed by atoms with Gasteiger partial charge in [-0.3, -0.25) is 0 Å². The van der Waals surface area contributed by atoms with E-state index in [4.69, 9.17) is 4.52 Å². The first-order valence-corrected chi connectivity index (χ1v) is 5.72. The van der Waals surface area contributed by atoms with Crippen molar-refractivity contribution in [3.63, 3.8) is 0 Å². The zero-order valence-electron chi connectivity index (χ0n) is 10.4. The Labute approximate surface area is 92.2 Å². The van der Waals surface area contributed by atoms with Gasteiger partial charge in [-0.05, 0) is 33.2 Å². The Hall–Kier alpha value is -0.830. The molecule has 2 atom stereocenters. The average Bonchev–Trinajstić information content (AvgIpc) is 2.54. The molecule has 1 aromatic heterocycles. The quantitative estimate of drug-likeness (QED) is 0.812. The Morgan fingerprint density at radius 1 is 1.33 bits per heavy atom. The smallest absolute Gasteiger partial charge is 0.138 e. The van der Waals surface area contributed by atoms with Gasteiger partial charge in [0.2, 0.25) is 0 Å². The van der Waals surface area contributed by atoms with E-state index in [0.717, 1.165) is 18.0 Å². The van der Waals surface area contributed by atoms with E-state index in [1.807, 2.05) is 13.8 Å². The van der Waals surface area contributed by atoms with Crippen LogP contribution in [0.15, 0.2) is 4.52 Å². The van der Waals surface area contributed by atoms with Gasteiger partial charge >= 0.3 is 0 Å². The predicted molar refractivity (Wildman–Crippen MR) is 61.8 cm³/mol. The van der Waals surface area contributed by atoms with Crippen molar-refractivity contribution in [1.82, 2.24) is 10.5 Å². The number of hydrogen-bond donors (Lipinski definition) is 1. The summed E-state index contributed by atoms with van der Waals surface area (Å²) in [6.45, 7) is 11.6. The van der Waals surface area contributed by atoms with Crippen LogP contribution >= 0.6 is 0 Å². The fraction of sp³-hybridized carbons (Fsp3) is 0.750. The predicted octanol–water partition coefficient (Wildman–Crippen LogP) is 2.99. The molecule has 1 rings (SSSR count). The van der Waals surface area contributed by atoms with Crippen LogP contribution in [-0.4, -0.2) is 11.7 Å². The highest BCUT2D eigenvalue weighted by Crippen LogP contribution is 2.20. The van der Waals surface area contributed by atoms with Crippen LogP contribution < -0.4 is 5.32 Å². The van der Waals surface area contributed by atoms with Crippen molar-refractivity contribution in [2.24, 2.45) is 5.92 Å². The second-order valence-electron chi connectivity index (χ2n) is 4.38. The molecule has 3 nitrogen and oxygen atoms in total. The van der Waals surface area contributed by atoms with Crippen molar-refractivity contribution < 1.29 is 4.52 Å². The van der Waals surface area contributed by atoms with Crippen LogP contribution in [0.3, 0.4) is 0 Å². The lowest BCUT2D eigenvalue weighted by molar-refractivity contribution is 0.389. The highest BCUT2D eigenvalue weighted by atomic mass is 16.5. The van der Waals surface area contributed by atoms with Gasteiger partial charge in [-0.2, -0.15) is 0 Å². The Kier molecular flexibility index (Phi) is 4.33. The number of nitrogens with zero attached hydrogens (tertiary/aromatic N) is 1. The molecule has 0 radical (unpaired) electrons. The fourth-order valence-electron chi connectivity index (χ4n) is 1.73. The van der Waals surface area contributed by atoms with Gasteiger partial charge in [-0.15, -0.1) is 0 Å². The molecular weight excluding hydrogens is 188 g/mol. The van der Waals surface area contributed by atoms with E-state index in [1.165, 1.54) is 12.0 Å². The summed E-state index contributed by atoms with van der Waals surface area (Å²) in [6, 6.07) is 0.324. The lowest BCUT2D eigenvalue weighted by Crippen LogP contribution is -2.24. The maximum Gasteiger partial charge on any atom is 0.138 e. The van der Waals surface area contributed by atoms with Crippen LogP contribution in [0.1, 0.15) is 50.3 Å². The second kappa shape index (κ2) is 5.31. The van der Waals surface area contributed by atoms with Crippen molar-refractivity contribution in [3.05, 3.63) is 17.0 Å². The van der Waals surface area contributed by atoms with Gasteiger partial charge in [-0.25, -0.2) is 0 Å². The number of nitrogens with one attached hydrogen (secondary N) is 1. The molecule has 0 aliphatic rings. The average molecular weight is 210 g/mol. The molecule has 1 N–H and O–H groups in total. The molecule has 1 aromatic rings. The highest BCUT2D eigenvalue weighted by Gasteiger charge is 2.16. The second-order valence-corrected chi connectivity index (χ2v) is 4.38. The summed E-state index contributed by atoms with van der Waals surface area (Å²) in [5, 5.41) is 7.49. The molecule has 1 heterocycles. The summed E-state index contributed by atoms with van der Waals surface area (Å²) in [6.07, 6.45) is 1.21. The number of aromatic nitrogens is 1. The molecule has 0 aliphatic heterocycles. The zero-order chi connectivity index (χ0) is 11.4. The molecule has 86 valence electrons. The monoisotopic (exact) mass is 210 g/mol. The SMILES string of the molecule is CCC(C)CNC(C)c1c(C)noc1C. The summed E-state index contributed by atoms with van der Waals surface area (Å²) < 4.78 is 5.16. The molecule has 0 fully saturated rings. The van der Waals surface area contributed by atoms with E-state index in [9.17, 15) is 0 Å². The van der Waals surface area contributed by atoms with E-state index in [-0.39, 0.29) is 0 Å². The summed E-state index contributed by atoms with van der Waals surface area (Å²) in [5.74, 6) is 1.64. The van der Waals surface area contributed by atoms with Gasteiger partial charge in [0.25, 0.3) is 0 Å². The van der Waals surface area contributed by atoms with Crippen molar-refractivity contribution in [1.29, 1.82) is 0 Å². The fourth-order valence-corrected chi connectivity index (χ4v) is 1.73. The van der Waals surface area contributed by atoms with Crippen LogP contribution in [0.2, 0.25) is 0 Å². The van der Waals surface area contributed by atoms with Gasteiger partial charge in [-0.1, -0.05) is 25.4 Å². The molecule has 0 aromatic carbocycles. The maximum absolute atomic E-state index is 5.16. The Morgan fingerprint density at radius 3 is 2.47 bits per heavy atom. The zero-order valence-corrected chi connectivity index (χ0v) is 10.4. The van der Waals surface area contributed by atoms with Gasteiger partial charge in [0.1, 0.15) is 5.76 Å². The molecule has 0 amide bonds. The Balaban J connectivity index is 2.57. The first-order valence-electron chi connectivity index (χ1n) is 5.72. The third kappa shape index (κ3) is 3.06. The molecule has 0 saturated carbocycles. The number of rotatable bonds is 5. The summed E-state index contributed by atoms with van der Waals surface area (Å²) in [4.78, 5) is 0. The molecule has 15 heavy (non-hydrogen) atoms. The summed E-state index contributed by atoms with van der Waals surface area (Å²) in [5.41, 5.74) is 2.20. The molecule has 0 saturated heterocycles. The number of aryl methyl sites for hydroxylation is 2. The standard InChI is InChI=1S/C12H22N2O/c1-6-8(2)7-13-9(3)12-10(4)14-15-11(12)5/h8-9,13H,6-7H2,1-5H3. The molecule has 3 heteroatoms. The molecule has 0 bridgehead atoms. The minimum Gasteiger partial charge on any atom is -0.361 e. The minimum atomic E-state index is 0.324. The third-order valence-corrected chi connectivity index (χ3v) is 2.99. The highest BCUT2D eigenvalue weighted by molar-refractivity contribution is 5.24. The van der Waals surface area contributed by atoms with Crippen molar-refractivity contribution in [2.75, 3.05) is 6.54 Å². The molecule has 0 spiro atoms. The van der Waals surface area contributed by atoms with E-state index < -0.39 is 0 Å². The topological polar surface area (TPSA) is 38.1 Å². The number of hydrogen-bond acceptors (Lipinski definition) is 3. The van der Waals surface area contributed by atoms with E-state index in [0.29, 0.717) is 12.0 Å². The summed E-state index contributed by atoms with van der Waals surface area (Å²) >= 11 is 0. The van der Waals surface area contributed by atoms with Crippen molar-refractivity contribution in [2.45, 2.75) is 47.1 Å². The maximum atomic E-state index is 5.16. The van der Waals surface area contributed by atoms with Crippen LogP contribution in [0.4, 0.5) is 0 Å². The third-order valence-electron chi connectivity index (χ3n) is 2.99. The first kappa shape index (κ1) is 12.2. The van der Waals surface area contributed by atoms with E-state index >= 15 is 0 Å². The molecular formula is C12H22N2O.